The molecule has 0 unspecified atom stereocenters. The molecule has 1 aliphatic heterocycles. The van der Waals surface area contributed by atoms with Gasteiger partial charge in [0.2, 0.25) is 0 Å². The molecule has 0 N–H and O–H groups in total. The third-order valence-corrected chi connectivity index (χ3v) is 32.7. The van der Waals surface area contributed by atoms with Gasteiger partial charge in [-0.3, -0.25) is 8.22 Å². The Kier molecular flexibility index (Phi) is 6.30. The van der Waals surface area contributed by atoms with Crippen molar-refractivity contribution in [1.29, 1.82) is 0 Å². The largest absolute Gasteiger partial charge is 0.319 e. The first-order valence-corrected chi connectivity index (χ1v) is 19.2. The molecule has 8 heteroatoms. The van der Waals surface area contributed by atoms with Crippen molar-refractivity contribution < 1.29 is 8.22 Å². The van der Waals surface area contributed by atoms with E-state index < -0.39 is 33.9 Å². The van der Waals surface area contributed by atoms with Crippen molar-refractivity contribution in [2.75, 3.05) is 0 Å². The molecule has 0 aromatic rings. The van der Waals surface area contributed by atoms with Crippen LogP contribution in [0.2, 0.25) is 48.4 Å². The molecular formula is C16H40F2N2Si4. The third-order valence-electron chi connectivity index (χ3n) is 5.90. The summed E-state index contributed by atoms with van der Waals surface area (Å²) in [5.74, 6) is 0. The maximum absolute atomic E-state index is 15.8. The molecule has 0 radical (unpaired) electrons. The first-order valence-electron chi connectivity index (χ1n) is 9.49. The molecular weight excluding hydrogens is 371 g/mol. The lowest BCUT2D eigenvalue weighted by atomic mass is 10.5. The molecule has 1 heterocycles. The van der Waals surface area contributed by atoms with Crippen LogP contribution in [0.15, 0.2) is 0 Å². The molecule has 0 atom stereocenters. The summed E-state index contributed by atoms with van der Waals surface area (Å²) < 4.78 is 36.6. The zero-order chi connectivity index (χ0) is 19.5. The molecule has 0 amide bonds. The van der Waals surface area contributed by atoms with Crippen molar-refractivity contribution in [3.63, 3.8) is 0 Å². The summed E-state index contributed by atoms with van der Waals surface area (Å²) >= 11 is 0. The smallest absolute Gasteiger partial charge is 0.305 e. The molecule has 0 aromatic heterocycles. The number of hydrogen-bond acceptors (Lipinski definition) is 2. The molecule has 144 valence electrons. The molecule has 0 spiro atoms. The highest BCUT2D eigenvalue weighted by Gasteiger charge is 2.80. The molecule has 1 aliphatic rings. The maximum atomic E-state index is 15.8. The average molecular weight is 411 g/mol. The molecule has 1 rings (SSSR count). The van der Waals surface area contributed by atoms with Crippen molar-refractivity contribution in [1.82, 2.24) is 7.79 Å². The van der Waals surface area contributed by atoms with E-state index in [1.165, 1.54) is 0 Å². The van der Waals surface area contributed by atoms with Crippen molar-refractivity contribution in [2.45, 2.75) is 104 Å². The van der Waals surface area contributed by atoms with Gasteiger partial charge in [-0.1, -0.05) is 55.4 Å². The normalized spacial score (nSPS) is 22.8. The Labute approximate surface area is 153 Å². The summed E-state index contributed by atoms with van der Waals surface area (Å²) in [7, 11) is -10.9. The number of hydrogen-bond donors (Lipinski definition) is 0. The van der Waals surface area contributed by atoms with Gasteiger partial charge in [-0.15, -0.1) is 0 Å². The van der Waals surface area contributed by atoms with Gasteiger partial charge in [-0.25, -0.2) is 0 Å². The molecule has 1 saturated heterocycles. The van der Waals surface area contributed by atoms with E-state index >= 15 is 8.22 Å². The van der Waals surface area contributed by atoms with Gasteiger partial charge < -0.3 is 7.79 Å². The lowest BCUT2D eigenvalue weighted by molar-refractivity contribution is 0.439. The quantitative estimate of drug-likeness (QED) is 0.365. The van der Waals surface area contributed by atoms with E-state index in [2.05, 4.69) is 63.2 Å². The lowest BCUT2D eigenvalue weighted by Crippen LogP contribution is -3.02. The second kappa shape index (κ2) is 6.67. The molecule has 24 heavy (non-hydrogen) atoms. The van der Waals surface area contributed by atoms with Crippen LogP contribution in [-0.4, -0.2) is 41.7 Å². The minimum Gasteiger partial charge on any atom is -0.319 e. The van der Waals surface area contributed by atoms with Crippen LogP contribution in [0.25, 0.3) is 0 Å². The van der Waals surface area contributed by atoms with Gasteiger partial charge in [-0.05, 0) is 48.4 Å². The summed E-state index contributed by atoms with van der Waals surface area (Å²) in [6, 6.07) is 0. The second-order valence-corrected chi connectivity index (χ2v) is 28.4. The molecule has 0 aliphatic carbocycles. The average Bonchev–Trinajstić information content (AvgIpc) is 2.21. The van der Waals surface area contributed by atoms with Crippen LogP contribution in [0.1, 0.15) is 55.4 Å². The van der Waals surface area contributed by atoms with E-state index in [1.54, 1.807) is 0 Å². The second-order valence-electron chi connectivity index (χ2n) is 9.68. The van der Waals surface area contributed by atoms with Crippen LogP contribution in [0.5, 0.6) is 0 Å². The lowest BCUT2D eigenvalue weighted by Gasteiger charge is -2.80. The third kappa shape index (κ3) is 2.89. The highest BCUT2D eigenvalue weighted by molar-refractivity contribution is 7.21. The van der Waals surface area contributed by atoms with Gasteiger partial charge in [0.15, 0.2) is 16.8 Å². The molecule has 0 saturated carbocycles. The van der Waals surface area contributed by atoms with E-state index in [1.807, 2.05) is 26.2 Å². The van der Waals surface area contributed by atoms with Gasteiger partial charge in [0.1, 0.15) is 0 Å². The Morgan fingerprint density at radius 3 is 0.792 bits per heavy atom. The van der Waals surface area contributed by atoms with Crippen molar-refractivity contribution in [2.24, 2.45) is 0 Å². The summed E-state index contributed by atoms with van der Waals surface area (Å²) in [5, 5.41) is 0. The summed E-state index contributed by atoms with van der Waals surface area (Å²) in [5.41, 5.74) is 1.34. The first-order chi connectivity index (χ1) is 10.5. The van der Waals surface area contributed by atoms with Crippen molar-refractivity contribution >= 4 is 33.9 Å². The molecule has 0 aromatic carbocycles. The standard InChI is InChI=1S/C16H40F2N2Si4/c1-13(2)23(14(3)4)19(21(9,10)17)24(15(5)6,16(7)8)20(23)22(11,12)18/h13-16H,1-12H3. The van der Waals surface area contributed by atoms with E-state index in [4.69, 9.17) is 0 Å². The van der Waals surface area contributed by atoms with Crippen LogP contribution >= 0.6 is 0 Å². The van der Waals surface area contributed by atoms with Crippen LogP contribution in [0.3, 0.4) is 0 Å². The fourth-order valence-electron chi connectivity index (χ4n) is 5.83. The Balaban J connectivity index is 3.88. The van der Waals surface area contributed by atoms with Gasteiger partial charge in [0, 0.05) is 0 Å². The number of rotatable bonds is 6. The number of halogens is 2. The van der Waals surface area contributed by atoms with E-state index in [0.717, 1.165) is 0 Å². The molecule has 0 bridgehead atoms. The topological polar surface area (TPSA) is 6.48 Å². The van der Waals surface area contributed by atoms with Crippen LogP contribution in [0, 0.1) is 0 Å². The number of nitrogens with zero attached hydrogens (tertiary/aromatic N) is 2. The van der Waals surface area contributed by atoms with Gasteiger partial charge in [-0.2, -0.15) is 0 Å². The zero-order valence-electron chi connectivity index (χ0n) is 18.0. The predicted octanol–water partition coefficient (Wildman–Crippen LogP) is 6.47. The predicted molar refractivity (Wildman–Crippen MR) is 113 cm³/mol. The SMILES string of the molecule is CC(C)[Si]1(C(C)C)N([Si](C)(C)F)[Si](C(C)C)(C(C)C)N1[Si](C)(C)F. The van der Waals surface area contributed by atoms with Gasteiger partial charge in [0.05, 0.1) is 0 Å². The summed E-state index contributed by atoms with van der Waals surface area (Å²) in [6.45, 7) is 25.1. The maximum Gasteiger partial charge on any atom is 0.305 e. The highest BCUT2D eigenvalue weighted by Crippen LogP contribution is 2.62. The van der Waals surface area contributed by atoms with Gasteiger partial charge >= 0.3 is 17.1 Å². The Morgan fingerprint density at radius 1 is 0.542 bits per heavy atom. The molecule has 2 nitrogen and oxygen atoms in total. The summed E-state index contributed by atoms with van der Waals surface area (Å²) in [4.78, 5) is 0. The van der Waals surface area contributed by atoms with Crippen LogP contribution in [-0.2, 0) is 0 Å². The van der Waals surface area contributed by atoms with Crippen molar-refractivity contribution in [3.8, 4) is 0 Å². The Bertz CT molecular complexity index is 386. The van der Waals surface area contributed by atoms with E-state index in [-0.39, 0.29) is 0 Å². The zero-order valence-corrected chi connectivity index (χ0v) is 22.0. The first kappa shape index (κ1) is 22.7. The fourth-order valence-corrected chi connectivity index (χ4v) is 47.2. The van der Waals surface area contributed by atoms with Crippen molar-refractivity contribution in [3.05, 3.63) is 0 Å². The van der Waals surface area contributed by atoms with E-state index in [9.17, 15) is 0 Å². The summed E-state index contributed by atoms with van der Waals surface area (Å²) in [6.07, 6.45) is 0. The van der Waals surface area contributed by atoms with Crippen LogP contribution < -0.4 is 0 Å². The Hall–Kier alpha value is 0.648. The minimum atomic E-state index is -3.05. The van der Waals surface area contributed by atoms with Crippen LogP contribution in [0.4, 0.5) is 8.22 Å². The minimum absolute atomic E-state index is 0.334. The fraction of sp³-hybridized carbons (Fsp3) is 1.00. The monoisotopic (exact) mass is 410 g/mol. The van der Waals surface area contributed by atoms with Gasteiger partial charge in [0.25, 0.3) is 0 Å². The highest BCUT2D eigenvalue weighted by atomic mass is 28.6. The molecule has 1 fully saturated rings. The Morgan fingerprint density at radius 2 is 0.708 bits per heavy atom. The van der Waals surface area contributed by atoms with E-state index in [0.29, 0.717) is 22.2 Å².